The maximum absolute atomic E-state index is 12.1. The van der Waals surface area contributed by atoms with Gasteiger partial charge < -0.3 is 9.47 Å². The maximum atomic E-state index is 12.1. The van der Waals surface area contributed by atoms with E-state index in [0.29, 0.717) is 22.6 Å². The van der Waals surface area contributed by atoms with Crippen LogP contribution in [0.2, 0.25) is 0 Å². The molecule has 6 nitrogen and oxygen atoms in total. The fraction of sp³-hybridized carbons (Fsp3) is 0.0870. The Morgan fingerprint density at radius 2 is 1.90 bits per heavy atom. The standard InChI is InChI=1S/C23H18IN3O3/c1-29-21-12-16(14-26-27-23(28)17-7-3-2-4-8-17)11-20(24)22(21)30-15-19-10-6-5-9-18(19)13-25/h2-12,14H,15H2,1H3,(H,27,28)/b26-14+. The summed E-state index contributed by atoms with van der Waals surface area (Å²) in [6.07, 6.45) is 1.54. The number of rotatable bonds is 7. The van der Waals surface area contributed by atoms with Gasteiger partial charge in [0.05, 0.1) is 28.5 Å². The average Bonchev–Trinajstić information content (AvgIpc) is 2.78. The highest BCUT2D eigenvalue weighted by Gasteiger charge is 2.12. The number of benzene rings is 3. The van der Waals surface area contributed by atoms with Gasteiger partial charge in [-0.3, -0.25) is 4.79 Å². The van der Waals surface area contributed by atoms with Crippen LogP contribution in [-0.4, -0.2) is 19.2 Å². The molecule has 0 bridgehead atoms. The van der Waals surface area contributed by atoms with Gasteiger partial charge in [-0.1, -0.05) is 36.4 Å². The lowest BCUT2D eigenvalue weighted by Crippen LogP contribution is -2.17. The van der Waals surface area contributed by atoms with Crippen molar-refractivity contribution in [3.05, 3.63) is 92.6 Å². The summed E-state index contributed by atoms with van der Waals surface area (Å²) in [4.78, 5) is 12.1. The second-order valence-electron chi connectivity index (χ2n) is 6.16. The summed E-state index contributed by atoms with van der Waals surface area (Å²) in [6.45, 7) is 0.247. The summed E-state index contributed by atoms with van der Waals surface area (Å²) in [6, 6.07) is 22.0. The second-order valence-corrected chi connectivity index (χ2v) is 7.32. The number of carbonyl (C=O) groups excluding carboxylic acids is 1. The molecular formula is C23H18IN3O3. The molecule has 150 valence electrons. The Kier molecular flexibility index (Phi) is 7.40. The number of hydrogen-bond acceptors (Lipinski definition) is 5. The largest absolute Gasteiger partial charge is 0.493 e. The molecule has 3 aromatic rings. The number of carbonyl (C=O) groups is 1. The van der Waals surface area contributed by atoms with Crippen LogP contribution in [0.1, 0.15) is 27.0 Å². The van der Waals surface area contributed by atoms with Crippen LogP contribution in [-0.2, 0) is 6.61 Å². The summed E-state index contributed by atoms with van der Waals surface area (Å²) in [5, 5.41) is 13.2. The van der Waals surface area contributed by atoms with Crippen LogP contribution in [0.3, 0.4) is 0 Å². The topological polar surface area (TPSA) is 83.7 Å². The first kappa shape index (κ1) is 21.3. The van der Waals surface area contributed by atoms with E-state index in [1.165, 1.54) is 0 Å². The van der Waals surface area contributed by atoms with Gasteiger partial charge in [0.2, 0.25) is 0 Å². The first-order valence-electron chi connectivity index (χ1n) is 8.99. The van der Waals surface area contributed by atoms with Crippen molar-refractivity contribution in [3.8, 4) is 17.6 Å². The van der Waals surface area contributed by atoms with Gasteiger partial charge in [-0.15, -0.1) is 0 Å². The Morgan fingerprint density at radius 3 is 2.63 bits per heavy atom. The van der Waals surface area contributed by atoms with Crippen molar-refractivity contribution in [2.24, 2.45) is 5.10 Å². The number of methoxy groups -OCH3 is 1. The van der Waals surface area contributed by atoms with Crippen LogP contribution >= 0.6 is 22.6 Å². The third-order valence-electron chi connectivity index (χ3n) is 4.18. The minimum Gasteiger partial charge on any atom is -0.493 e. The number of nitriles is 1. The SMILES string of the molecule is COc1cc(/C=N/NC(=O)c2ccccc2)cc(I)c1OCc1ccccc1C#N. The summed E-state index contributed by atoms with van der Waals surface area (Å²) < 4.78 is 12.2. The Balaban J connectivity index is 1.72. The molecule has 0 aromatic heterocycles. The van der Waals surface area contributed by atoms with Gasteiger partial charge in [0.15, 0.2) is 11.5 Å². The fourth-order valence-corrected chi connectivity index (χ4v) is 3.46. The minimum atomic E-state index is -0.287. The van der Waals surface area contributed by atoms with Crippen LogP contribution in [0.25, 0.3) is 0 Å². The predicted molar refractivity (Wildman–Crippen MR) is 123 cm³/mol. The van der Waals surface area contributed by atoms with Gasteiger partial charge in [-0.2, -0.15) is 10.4 Å². The minimum absolute atomic E-state index is 0.247. The third kappa shape index (κ3) is 5.36. The van der Waals surface area contributed by atoms with Crippen molar-refractivity contribution >= 4 is 34.7 Å². The molecule has 3 aromatic carbocycles. The van der Waals surface area contributed by atoms with E-state index in [0.717, 1.165) is 14.7 Å². The molecule has 0 aliphatic rings. The lowest BCUT2D eigenvalue weighted by atomic mass is 10.1. The first-order valence-corrected chi connectivity index (χ1v) is 10.1. The number of hydrazone groups is 1. The van der Waals surface area contributed by atoms with Gasteiger partial charge >= 0.3 is 0 Å². The first-order chi connectivity index (χ1) is 14.6. The molecule has 3 rings (SSSR count). The Hall–Kier alpha value is -3.38. The van der Waals surface area contributed by atoms with Crippen LogP contribution in [0.4, 0.5) is 0 Å². The van der Waals surface area contributed by atoms with Crippen molar-refractivity contribution in [3.63, 3.8) is 0 Å². The summed E-state index contributed by atoms with van der Waals surface area (Å²) in [7, 11) is 1.56. The van der Waals surface area contributed by atoms with Crippen molar-refractivity contribution < 1.29 is 14.3 Å². The van der Waals surface area contributed by atoms with Crippen LogP contribution in [0.15, 0.2) is 71.8 Å². The molecule has 0 atom stereocenters. The third-order valence-corrected chi connectivity index (χ3v) is 4.98. The van der Waals surface area contributed by atoms with Gasteiger partial charge in [0.1, 0.15) is 6.61 Å². The highest BCUT2D eigenvalue weighted by atomic mass is 127. The lowest BCUT2D eigenvalue weighted by Gasteiger charge is -2.14. The molecule has 7 heteroatoms. The predicted octanol–water partition coefficient (Wildman–Crippen LogP) is 4.51. The number of ether oxygens (including phenoxy) is 2. The number of nitrogens with zero attached hydrogens (tertiary/aromatic N) is 2. The molecular weight excluding hydrogens is 493 g/mol. The van der Waals surface area contributed by atoms with E-state index in [2.05, 4.69) is 39.2 Å². The molecule has 0 saturated carbocycles. The normalized spacial score (nSPS) is 10.4. The van der Waals surface area contributed by atoms with E-state index >= 15 is 0 Å². The van der Waals surface area contributed by atoms with Gasteiger partial charge in [-0.25, -0.2) is 5.43 Å². The molecule has 0 unspecified atom stereocenters. The zero-order chi connectivity index (χ0) is 21.3. The zero-order valence-electron chi connectivity index (χ0n) is 16.1. The highest BCUT2D eigenvalue weighted by molar-refractivity contribution is 14.1. The Morgan fingerprint density at radius 1 is 1.17 bits per heavy atom. The Labute approximate surface area is 188 Å². The lowest BCUT2D eigenvalue weighted by molar-refractivity contribution is 0.0955. The smallest absolute Gasteiger partial charge is 0.271 e. The van der Waals surface area contributed by atoms with Crippen molar-refractivity contribution in [2.75, 3.05) is 7.11 Å². The number of hydrogen-bond donors (Lipinski definition) is 1. The number of nitrogens with one attached hydrogen (secondary N) is 1. The van der Waals surface area contributed by atoms with E-state index in [1.54, 1.807) is 49.7 Å². The number of halogens is 1. The van der Waals surface area contributed by atoms with Crippen LogP contribution in [0, 0.1) is 14.9 Å². The van der Waals surface area contributed by atoms with Crippen LogP contribution < -0.4 is 14.9 Å². The molecule has 0 spiro atoms. The summed E-state index contributed by atoms with van der Waals surface area (Å²) in [5.41, 5.74) is 5.15. The Bertz CT molecular complexity index is 1110. The molecule has 0 saturated heterocycles. The number of amides is 1. The van der Waals surface area contributed by atoms with Gasteiger partial charge in [-0.05, 0) is 58.5 Å². The zero-order valence-corrected chi connectivity index (χ0v) is 18.3. The quantitative estimate of drug-likeness (QED) is 0.288. The highest BCUT2D eigenvalue weighted by Crippen LogP contribution is 2.34. The maximum Gasteiger partial charge on any atom is 0.271 e. The average molecular weight is 511 g/mol. The van der Waals surface area contributed by atoms with Gasteiger partial charge in [0, 0.05) is 11.1 Å². The molecule has 1 amide bonds. The molecule has 0 aliphatic heterocycles. The van der Waals surface area contributed by atoms with Crippen molar-refractivity contribution in [1.29, 1.82) is 5.26 Å². The molecule has 0 heterocycles. The monoisotopic (exact) mass is 511 g/mol. The van der Waals surface area contributed by atoms with Crippen LogP contribution in [0.5, 0.6) is 11.5 Å². The van der Waals surface area contributed by atoms with E-state index in [9.17, 15) is 10.1 Å². The van der Waals surface area contributed by atoms with Crippen molar-refractivity contribution in [1.82, 2.24) is 5.43 Å². The van der Waals surface area contributed by atoms with Crippen molar-refractivity contribution in [2.45, 2.75) is 6.61 Å². The van der Waals surface area contributed by atoms with E-state index in [4.69, 9.17) is 9.47 Å². The molecule has 30 heavy (non-hydrogen) atoms. The van der Waals surface area contributed by atoms with Gasteiger partial charge in [0.25, 0.3) is 5.91 Å². The fourth-order valence-electron chi connectivity index (χ4n) is 2.68. The van der Waals surface area contributed by atoms with E-state index in [1.807, 2.05) is 30.3 Å². The molecule has 0 fully saturated rings. The molecule has 1 N–H and O–H groups in total. The second kappa shape index (κ2) is 10.4. The molecule has 0 radical (unpaired) electrons. The summed E-state index contributed by atoms with van der Waals surface area (Å²) in [5.74, 6) is 0.827. The molecule has 0 aliphatic carbocycles. The van der Waals surface area contributed by atoms with E-state index < -0.39 is 0 Å². The summed E-state index contributed by atoms with van der Waals surface area (Å²) >= 11 is 2.15. The van der Waals surface area contributed by atoms with E-state index in [-0.39, 0.29) is 12.5 Å².